The Balaban J connectivity index is 1.72. The maximum atomic E-state index is 12.9. The predicted molar refractivity (Wildman–Crippen MR) is 103 cm³/mol. The molecule has 8 heteroatoms. The van der Waals surface area contributed by atoms with E-state index in [4.69, 9.17) is 23.2 Å². The van der Waals surface area contributed by atoms with Crippen molar-refractivity contribution in [3.63, 3.8) is 0 Å². The van der Waals surface area contributed by atoms with E-state index in [9.17, 15) is 13.2 Å². The highest BCUT2D eigenvalue weighted by Crippen LogP contribution is 2.33. The number of hydrogen-bond donors (Lipinski definition) is 0. The first-order chi connectivity index (χ1) is 11.9. The van der Waals surface area contributed by atoms with Crippen molar-refractivity contribution in [1.29, 1.82) is 0 Å². The van der Waals surface area contributed by atoms with Crippen LogP contribution < -0.4 is 0 Å². The summed E-state index contributed by atoms with van der Waals surface area (Å²) in [5.41, 5.74) is 0. The number of thioether (sulfide) groups is 1. The number of hydrogen-bond acceptors (Lipinski definition) is 4. The molecule has 0 aromatic heterocycles. The molecule has 25 heavy (non-hydrogen) atoms. The van der Waals surface area contributed by atoms with Gasteiger partial charge in [0, 0.05) is 22.0 Å². The third kappa shape index (κ3) is 4.85. The predicted octanol–water partition coefficient (Wildman–Crippen LogP) is 4.04. The minimum absolute atomic E-state index is 0.00459. The van der Waals surface area contributed by atoms with Gasteiger partial charge in [0.15, 0.2) is 9.84 Å². The summed E-state index contributed by atoms with van der Waals surface area (Å²) in [6.45, 7) is 0. The van der Waals surface area contributed by atoms with Gasteiger partial charge in [0.05, 0.1) is 22.3 Å². The van der Waals surface area contributed by atoms with Gasteiger partial charge < -0.3 is 4.90 Å². The van der Waals surface area contributed by atoms with Crippen molar-refractivity contribution in [2.75, 3.05) is 17.3 Å². The molecule has 2 fully saturated rings. The third-order valence-electron chi connectivity index (χ3n) is 4.85. The number of carbonyl (C=O) groups excluding carboxylic acids is 1. The first-order valence-electron chi connectivity index (χ1n) is 8.45. The Morgan fingerprint density at radius 1 is 1.16 bits per heavy atom. The van der Waals surface area contributed by atoms with Crippen molar-refractivity contribution in [2.24, 2.45) is 0 Å². The molecule has 1 saturated heterocycles. The molecule has 1 heterocycles. The van der Waals surface area contributed by atoms with E-state index in [1.54, 1.807) is 18.2 Å². The Bertz CT molecular complexity index is 748. The lowest BCUT2D eigenvalue weighted by Gasteiger charge is -2.34. The summed E-state index contributed by atoms with van der Waals surface area (Å²) in [6.07, 6.45) is 4.67. The number of rotatable bonds is 5. The van der Waals surface area contributed by atoms with Crippen molar-refractivity contribution < 1.29 is 13.2 Å². The third-order valence-corrected chi connectivity index (χ3v) is 8.32. The van der Waals surface area contributed by atoms with Crippen LogP contribution in [0.4, 0.5) is 0 Å². The maximum absolute atomic E-state index is 12.9. The van der Waals surface area contributed by atoms with Crippen LogP contribution in [0, 0.1) is 0 Å². The lowest BCUT2D eigenvalue weighted by Crippen LogP contribution is -2.47. The summed E-state index contributed by atoms with van der Waals surface area (Å²) in [7, 11) is -3.02. The van der Waals surface area contributed by atoms with Crippen molar-refractivity contribution >= 4 is 50.7 Å². The van der Waals surface area contributed by atoms with Crippen LogP contribution >= 0.6 is 35.0 Å². The molecule has 2 aliphatic rings. The Hall–Kier alpha value is -0.430. The van der Waals surface area contributed by atoms with Gasteiger partial charge >= 0.3 is 0 Å². The summed E-state index contributed by atoms with van der Waals surface area (Å²) in [4.78, 5) is 15.6. The molecule has 0 N–H and O–H groups in total. The molecule has 1 amide bonds. The second kappa shape index (κ2) is 8.07. The lowest BCUT2D eigenvalue weighted by molar-refractivity contribution is -0.132. The molecule has 1 aromatic rings. The highest BCUT2D eigenvalue weighted by molar-refractivity contribution is 8.00. The van der Waals surface area contributed by atoms with E-state index in [0.29, 0.717) is 16.5 Å². The average molecular weight is 422 g/mol. The zero-order chi connectivity index (χ0) is 18.0. The van der Waals surface area contributed by atoms with Crippen LogP contribution in [0.5, 0.6) is 0 Å². The van der Waals surface area contributed by atoms with E-state index in [1.807, 2.05) is 4.90 Å². The van der Waals surface area contributed by atoms with E-state index in [-0.39, 0.29) is 35.2 Å². The lowest BCUT2D eigenvalue weighted by atomic mass is 10.1. The van der Waals surface area contributed by atoms with E-state index in [0.717, 1.165) is 30.6 Å². The number of halogens is 2. The van der Waals surface area contributed by atoms with Crippen LogP contribution in [0.15, 0.2) is 23.1 Å². The Morgan fingerprint density at radius 2 is 1.88 bits per heavy atom. The molecule has 0 spiro atoms. The summed E-state index contributed by atoms with van der Waals surface area (Å²) < 4.78 is 23.7. The molecule has 0 radical (unpaired) electrons. The standard InChI is InChI=1S/C17H21Cl2NO3S2/c18-12-5-6-15(19)16(9-12)24-10-17(21)20(13-3-1-2-4-13)14-7-8-25(22,23)11-14/h5-6,9,13-14H,1-4,7-8,10-11H2/t14-/m1/s1. The van der Waals surface area contributed by atoms with Crippen molar-refractivity contribution in [3.8, 4) is 0 Å². The fraction of sp³-hybridized carbons (Fsp3) is 0.588. The van der Waals surface area contributed by atoms with Crippen LogP contribution in [-0.4, -0.2) is 48.6 Å². The van der Waals surface area contributed by atoms with Crippen LogP contribution in [0.25, 0.3) is 0 Å². The van der Waals surface area contributed by atoms with Crippen molar-refractivity contribution in [1.82, 2.24) is 4.90 Å². The van der Waals surface area contributed by atoms with Gasteiger partial charge in [0.25, 0.3) is 0 Å². The minimum atomic E-state index is -3.02. The molecule has 3 rings (SSSR count). The SMILES string of the molecule is O=C(CSc1cc(Cl)ccc1Cl)N(C1CCCC1)[C@@H]1CCS(=O)(=O)C1. The van der Waals surface area contributed by atoms with Gasteiger partial charge in [-0.2, -0.15) is 0 Å². The molecule has 1 saturated carbocycles. The van der Waals surface area contributed by atoms with Crippen LogP contribution in [0.2, 0.25) is 10.0 Å². The second-order valence-electron chi connectivity index (χ2n) is 6.66. The molecule has 4 nitrogen and oxygen atoms in total. The van der Waals surface area contributed by atoms with Gasteiger partial charge in [-0.1, -0.05) is 36.0 Å². The normalized spacial score (nSPS) is 23.0. The molecule has 0 unspecified atom stereocenters. The molecule has 1 atom stereocenters. The fourth-order valence-electron chi connectivity index (χ4n) is 3.68. The molecule has 1 aliphatic carbocycles. The van der Waals surface area contributed by atoms with Gasteiger partial charge in [0.1, 0.15) is 0 Å². The minimum Gasteiger partial charge on any atom is -0.335 e. The topological polar surface area (TPSA) is 54.5 Å². The van der Waals surface area contributed by atoms with Crippen molar-refractivity contribution in [2.45, 2.75) is 49.1 Å². The molecular formula is C17H21Cl2NO3S2. The Labute approximate surface area is 163 Å². The van der Waals surface area contributed by atoms with Crippen LogP contribution in [0.3, 0.4) is 0 Å². The van der Waals surface area contributed by atoms with Gasteiger partial charge in [-0.05, 0) is 37.5 Å². The molecule has 1 aliphatic heterocycles. The van der Waals surface area contributed by atoms with Gasteiger partial charge in [-0.3, -0.25) is 4.79 Å². The highest BCUT2D eigenvalue weighted by atomic mass is 35.5. The second-order valence-corrected chi connectivity index (χ2v) is 10.7. The summed E-state index contributed by atoms with van der Waals surface area (Å²) in [6, 6.07) is 5.16. The number of benzene rings is 1. The summed E-state index contributed by atoms with van der Waals surface area (Å²) in [5.74, 6) is 0.516. The number of nitrogens with zero attached hydrogens (tertiary/aromatic N) is 1. The van der Waals surface area contributed by atoms with Gasteiger partial charge in [-0.25, -0.2) is 8.42 Å². The summed E-state index contributed by atoms with van der Waals surface area (Å²) >= 11 is 13.5. The molecule has 0 bridgehead atoms. The smallest absolute Gasteiger partial charge is 0.233 e. The number of amides is 1. The molecule has 1 aromatic carbocycles. The van der Waals surface area contributed by atoms with Crippen LogP contribution in [-0.2, 0) is 14.6 Å². The van der Waals surface area contributed by atoms with E-state index in [1.165, 1.54) is 11.8 Å². The number of sulfone groups is 1. The zero-order valence-electron chi connectivity index (χ0n) is 13.8. The average Bonchev–Trinajstić information content (AvgIpc) is 3.19. The van der Waals surface area contributed by atoms with E-state index in [2.05, 4.69) is 0 Å². The first kappa shape index (κ1) is 19.3. The fourth-order valence-corrected chi connectivity index (χ4v) is 6.76. The maximum Gasteiger partial charge on any atom is 0.233 e. The molecular weight excluding hydrogens is 401 g/mol. The van der Waals surface area contributed by atoms with E-state index < -0.39 is 9.84 Å². The van der Waals surface area contributed by atoms with Crippen LogP contribution in [0.1, 0.15) is 32.1 Å². The monoisotopic (exact) mass is 421 g/mol. The largest absolute Gasteiger partial charge is 0.335 e. The quantitative estimate of drug-likeness (QED) is 0.672. The van der Waals surface area contributed by atoms with Crippen molar-refractivity contribution in [3.05, 3.63) is 28.2 Å². The highest BCUT2D eigenvalue weighted by Gasteiger charge is 2.38. The zero-order valence-corrected chi connectivity index (χ0v) is 16.9. The van der Waals surface area contributed by atoms with Gasteiger partial charge in [-0.15, -0.1) is 11.8 Å². The molecule has 138 valence electrons. The Kier molecular flexibility index (Phi) is 6.24. The summed E-state index contributed by atoms with van der Waals surface area (Å²) in [5, 5.41) is 1.15. The van der Waals surface area contributed by atoms with Gasteiger partial charge in [0.2, 0.25) is 5.91 Å². The number of carbonyl (C=O) groups is 1. The van der Waals surface area contributed by atoms with E-state index >= 15 is 0 Å². The Morgan fingerprint density at radius 3 is 2.52 bits per heavy atom. The first-order valence-corrected chi connectivity index (χ1v) is 12.0.